The van der Waals surface area contributed by atoms with E-state index in [9.17, 15) is 17.6 Å². The van der Waals surface area contributed by atoms with Gasteiger partial charge in [0.1, 0.15) is 5.82 Å². The molecule has 1 fully saturated rings. The van der Waals surface area contributed by atoms with Crippen molar-refractivity contribution in [3.8, 4) is 6.07 Å². The van der Waals surface area contributed by atoms with Gasteiger partial charge in [0.25, 0.3) is 5.56 Å². The molecule has 2 aromatic rings. The van der Waals surface area contributed by atoms with Gasteiger partial charge < -0.3 is 4.57 Å². The molecule has 0 spiro atoms. The van der Waals surface area contributed by atoms with Gasteiger partial charge in [0.2, 0.25) is 10.0 Å². The van der Waals surface area contributed by atoms with E-state index >= 15 is 0 Å². The monoisotopic (exact) mass is 361 g/mol. The van der Waals surface area contributed by atoms with Crippen LogP contribution in [0.2, 0.25) is 0 Å². The normalized spacial score (nSPS) is 15.2. The number of benzene rings is 1. The zero-order valence-corrected chi connectivity index (χ0v) is 14.2. The number of rotatable bonds is 4. The van der Waals surface area contributed by atoms with Crippen LogP contribution >= 0.6 is 0 Å². The highest BCUT2D eigenvalue weighted by Gasteiger charge is 2.27. The van der Waals surface area contributed by atoms with Crippen LogP contribution in [-0.4, -0.2) is 30.4 Å². The van der Waals surface area contributed by atoms with Crippen LogP contribution in [-0.2, 0) is 16.6 Å². The van der Waals surface area contributed by atoms with Crippen molar-refractivity contribution < 1.29 is 12.8 Å². The van der Waals surface area contributed by atoms with E-state index in [4.69, 9.17) is 5.26 Å². The van der Waals surface area contributed by atoms with Crippen molar-refractivity contribution in [2.45, 2.75) is 24.3 Å². The van der Waals surface area contributed by atoms with Gasteiger partial charge in [-0.15, -0.1) is 0 Å². The van der Waals surface area contributed by atoms with Gasteiger partial charge in [0.05, 0.1) is 23.1 Å². The topological polar surface area (TPSA) is 83.2 Å². The molecule has 25 heavy (non-hydrogen) atoms. The summed E-state index contributed by atoms with van der Waals surface area (Å²) in [5.74, 6) is -0.612. The van der Waals surface area contributed by atoms with Crippen LogP contribution in [0.25, 0.3) is 0 Å². The van der Waals surface area contributed by atoms with Crippen molar-refractivity contribution in [3.05, 3.63) is 63.8 Å². The molecule has 0 N–H and O–H groups in total. The Morgan fingerprint density at radius 3 is 2.52 bits per heavy atom. The molecular weight excluding hydrogens is 345 g/mol. The molecule has 0 radical (unpaired) electrons. The second kappa shape index (κ2) is 6.78. The minimum Gasteiger partial charge on any atom is -0.310 e. The summed E-state index contributed by atoms with van der Waals surface area (Å²) in [6, 6.07) is 8.25. The van der Waals surface area contributed by atoms with Gasteiger partial charge >= 0.3 is 0 Å². The fourth-order valence-corrected chi connectivity index (χ4v) is 4.33. The van der Waals surface area contributed by atoms with E-state index in [1.54, 1.807) is 0 Å². The Morgan fingerprint density at radius 1 is 1.16 bits per heavy atom. The van der Waals surface area contributed by atoms with Gasteiger partial charge in [-0.2, -0.15) is 9.57 Å². The Balaban J connectivity index is 1.95. The van der Waals surface area contributed by atoms with Gasteiger partial charge in [-0.05, 0) is 31.0 Å². The summed E-state index contributed by atoms with van der Waals surface area (Å²) in [6.45, 7) is 0.817. The number of hydrogen-bond acceptors (Lipinski definition) is 4. The molecule has 1 aromatic carbocycles. The molecule has 1 aromatic heterocycles. The predicted molar refractivity (Wildman–Crippen MR) is 88.9 cm³/mol. The number of hydrogen-bond donors (Lipinski definition) is 0. The van der Waals surface area contributed by atoms with E-state index in [1.807, 2.05) is 6.07 Å². The number of halogens is 1. The summed E-state index contributed by atoms with van der Waals surface area (Å²) in [6.07, 6.45) is 2.87. The molecule has 1 aliphatic rings. The van der Waals surface area contributed by atoms with E-state index in [-0.39, 0.29) is 22.6 Å². The Labute approximate surface area is 144 Å². The first-order chi connectivity index (χ1) is 11.9. The standard InChI is InChI=1S/C17H16FN3O3S/c18-16-9-13(10-19)3-4-14(16)11-20-12-15(5-6-17(20)22)25(23,24)21-7-1-2-8-21/h3-6,9,12H,1-2,7-8,11H2. The second-order valence-corrected chi connectivity index (χ2v) is 7.80. The van der Waals surface area contributed by atoms with Crippen LogP contribution in [0.15, 0.2) is 46.2 Å². The van der Waals surface area contributed by atoms with Crippen molar-refractivity contribution >= 4 is 10.0 Å². The molecule has 1 aliphatic heterocycles. The van der Waals surface area contributed by atoms with Crippen LogP contribution in [0, 0.1) is 17.1 Å². The third-order valence-corrected chi connectivity index (χ3v) is 6.06. The fraction of sp³-hybridized carbons (Fsp3) is 0.294. The summed E-state index contributed by atoms with van der Waals surface area (Å²) >= 11 is 0. The highest BCUT2D eigenvalue weighted by Crippen LogP contribution is 2.20. The third kappa shape index (κ3) is 3.48. The number of pyridine rings is 1. The highest BCUT2D eigenvalue weighted by atomic mass is 32.2. The summed E-state index contributed by atoms with van der Waals surface area (Å²) in [7, 11) is -3.65. The molecule has 8 heteroatoms. The number of sulfonamides is 1. The quantitative estimate of drug-likeness (QED) is 0.830. The van der Waals surface area contributed by atoms with Gasteiger partial charge in [-0.3, -0.25) is 4.79 Å². The predicted octanol–water partition coefficient (Wildman–Crippen LogP) is 1.69. The molecule has 0 saturated carbocycles. The zero-order valence-electron chi connectivity index (χ0n) is 13.4. The molecule has 130 valence electrons. The van der Waals surface area contributed by atoms with E-state index in [2.05, 4.69) is 0 Å². The maximum Gasteiger partial charge on any atom is 0.250 e. The Hall–Kier alpha value is -2.50. The molecule has 6 nitrogen and oxygen atoms in total. The average Bonchev–Trinajstić information content (AvgIpc) is 3.13. The summed E-state index contributed by atoms with van der Waals surface area (Å²) in [5, 5.41) is 8.77. The lowest BCUT2D eigenvalue weighted by Gasteiger charge is -2.16. The van der Waals surface area contributed by atoms with Crippen molar-refractivity contribution in [2.24, 2.45) is 0 Å². The first-order valence-electron chi connectivity index (χ1n) is 7.81. The minimum absolute atomic E-state index is 0.0167. The summed E-state index contributed by atoms with van der Waals surface area (Å²) in [4.78, 5) is 12.1. The molecule has 0 unspecified atom stereocenters. The van der Waals surface area contributed by atoms with Crippen molar-refractivity contribution in [3.63, 3.8) is 0 Å². The SMILES string of the molecule is N#Cc1ccc(Cn2cc(S(=O)(=O)N3CCCC3)ccc2=O)c(F)c1. The molecule has 0 atom stereocenters. The van der Waals surface area contributed by atoms with Gasteiger partial charge in [-0.25, -0.2) is 12.8 Å². The van der Waals surface area contributed by atoms with Crippen LogP contribution in [0.1, 0.15) is 24.0 Å². The molecule has 0 aliphatic carbocycles. The molecule has 0 amide bonds. The van der Waals surface area contributed by atoms with Crippen molar-refractivity contribution in [1.82, 2.24) is 8.87 Å². The maximum absolute atomic E-state index is 14.0. The fourth-order valence-electron chi connectivity index (χ4n) is 2.79. The van der Waals surface area contributed by atoms with Gasteiger partial charge in [-0.1, -0.05) is 6.07 Å². The highest BCUT2D eigenvalue weighted by molar-refractivity contribution is 7.89. The Bertz CT molecular complexity index is 1000. The first kappa shape index (κ1) is 17.3. The molecule has 3 rings (SSSR count). The van der Waals surface area contributed by atoms with E-state index < -0.39 is 21.4 Å². The lowest BCUT2D eigenvalue weighted by molar-refractivity contribution is 0.476. The summed E-state index contributed by atoms with van der Waals surface area (Å²) in [5.41, 5.74) is -0.0417. The van der Waals surface area contributed by atoms with Crippen LogP contribution in [0.4, 0.5) is 4.39 Å². The molecule has 2 heterocycles. The number of nitriles is 1. The maximum atomic E-state index is 14.0. The van der Waals surface area contributed by atoms with E-state index in [0.717, 1.165) is 23.5 Å². The molecule has 0 bridgehead atoms. The number of nitrogens with zero attached hydrogens (tertiary/aromatic N) is 3. The van der Waals surface area contributed by atoms with Crippen LogP contribution < -0.4 is 5.56 Å². The lowest BCUT2D eigenvalue weighted by Crippen LogP contribution is -2.29. The first-order valence-corrected chi connectivity index (χ1v) is 9.25. The zero-order chi connectivity index (χ0) is 18.0. The molecular formula is C17H16FN3O3S. The Morgan fingerprint density at radius 2 is 1.88 bits per heavy atom. The molecule has 1 saturated heterocycles. The number of aromatic nitrogens is 1. The second-order valence-electron chi connectivity index (χ2n) is 5.86. The minimum atomic E-state index is -3.65. The van der Waals surface area contributed by atoms with Crippen LogP contribution in [0.3, 0.4) is 0 Å². The lowest BCUT2D eigenvalue weighted by atomic mass is 10.1. The van der Waals surface area contributed by atoms with E-state index in [0.29, 0.717) is 13.1 Å². The largest absolute Gasteiger partial charge is 0.310 e. The van der Waals surface area contributed by atoms with E-state index in [1.165, 1.54) is 34.8 Å². The van der Waals surface area contributed by atoms with Crippen molar-refractivity contribution in [1.29, 1.82) is 5.26 Å². The summed E-state index contributed by atoms with van der Waals surface area (Å²) < 4.78 is 41.8. The Kier molecular flexibility index (Phi) is 4.70. The van der Waals surface area contributed by atoms with Crippen LogP contribution in [0.5, 0.6) is 0 Å². The smallest absolute Gasteiger partial charge is 0.250 e. The van der Waals surface area contributed by atoms with Gasteiger partial charge in [0, 0.05) is 30.9 Å². The third-order valence-electron chi connectivity index (χ3n) is 4.18. The van der Waals surface area contributed by atoms with Crippen molar-refractivity contribution in [2.75, 3.05) is 13.1 Å². The average molecular weight is 361 g/mol. The van der Waals surface area contributed by atoms with Gasteiger partial charge in [0.15, 0.2) is 0 Å².